The zero-order valence-electron chi connectivity index (χ0n) is 22.5. The van der Waals surface area contributed by atoms with Gasteiger partial charge in [-0.05, 0) is 33.8 Å². The molecule has 4 rings (SSSR count). The van der Waals surface area contributed by atoms with Crippen molar-refractivity contribution in [1.82, 2.24) is 5.32 Å². The van der Waals surface area contributed by atoms with Crippen molar-refractivity contribution in [3.05, 3.63) is 59.2 Å². The predicted octanol–water partition coefficient (Wildman–Crippen LogP) is 4.40. The fourth-order valence-corrected chi connectivity index (χ4v) is 5.14. The first-order valence-electron chi connectivity index (χ1n) is 13.0. The highest BCUT2D eigenvalue weighted by molar-refractivity contribution is 5.96. The average molecular weight is 514 g/mol. The summed E-state index contributed by atoms with van der Waals surface area (Å²) in [5.41, 5.74) is 2.06. The van der Waals surface area contributed by atoms with Crippen molar-refractivity contribution < 1.29 is 33.3 Å². The fourth-order valence-electron chi connectivity index (χ4n) is 5.14. The molecule has 1 aromatic carbocycles. The van der Waals surface area contributed by atoms with Gasteiger partial charge in [0.2, 0.25) is 0 Å². The maximum absolute atomic E-state index is 12.9. The molecule has 3 fully saturated rings. The van der Waals surface area contributed by atoms with Gasteiger partial charge in [-0.1, -0.05) is 42.0 Å². The highest BCUT2D eigenvalue weighted by Crippen LogP contribution is 2.46. The Kier molecular flexibility index (Phi) is 8.53. The van der Waals surface area contributed by atoms with Gasteiger partial charge in [0.25, 0.3) is 5.91 Å². The zero-order chi connectivity index (χ0) is 26.6. The lowest BCUT2D eigenvalue weighted by atomic mass is 9.85. The summed E-state index contributed by atoms with van der Waals surface area (Å²) in [7, 11) is 0. The van der Waals surface area contributed by atoms with Crippen molar-refractivity contribution in [2.75, 3.05) is 19.8 Å². The molecule has 0 unspecified atom stereocenters. The van der Waals surface area contributed by atoms with E-state index in [1.165, 1.54) is 6.92 Å². The topological polar surface area (TPSA) is 95.6 Å². The van der Waals surface area contributed by atoms with Crippen LogP contribution in [0, 0.1) is 0 Å². The minimum atomic E-state index is -0.522. The number of nitrogens with one attached hydrogen (secondary N) is 1. The lowest BCUT2D eigenvalue weighted by Gasteiger charge is -2.38. The predicted molar refractivity (Wildman–Crippen MR) is 138 cm³/mol. The molecule has 0 bridgehead atoms. The summed E-state index contributed by atoms with van der Waals surface area (Å²) in [6.45, 7) is 10.9. The number of hydrogen-bond donors (Lipinski definition) is 1. The average Bonchev–Trinajstić information content (AvgIpc) is 3.58. The summed E-state index contributed by atoms with van der Waals surface area (Å²) in [5, 5.41) is 2.96. The quantitative estimate of drug-likeness (QED) is 0.313. The van der Waals surface area contributed by atoms with E-state index in [-0.39, 0.29) is 35.5 Å². The first kappa shape index (κ1) is 27.5. The molecule has 0 radical (unpaired) electrons. The summed E-state index contributed by atoms with van der Waals surface area (Å²) >= 11 is 0. The Labute approximate surface area is 219 Å². The SMILES string of the molecule is CC(=O)O[C@@H](C)c1ccccc1C(=O)N[C@H]1CO[C@@H](C/C=C(C)/C=C/[C@@H]2C[C@]3(CO3)CC(C)(C)O2)OC1. The number of carbonyl (C=O) groups is 2. The number of esters is 1. The van der Waals surface area contributed by atoms with E-state index < -0.39 is 12.1 Å². The van der Waals surface area contributed by atoms with Gasteiger partial charge < -0.3 is 29.0 Å². The van der Waals surface area contributed by atoms with Crippen molar-refractivity contribution >= 4 is 11.9 Å². The molecule has 202 valence electrons. The van der Waals surface area contributed by atoms with Gasteiger partial charge in [0.1, 0.15) is 6.10 Å². The summed E-state index contributed by atoms with van der Waals surface area (Å²) in [6, 6.07) is 6.83. The Hall–Kier alpha value is -2.52. The highest BCUT2D eigenvalue weighted by Gasteiger charge is 2.53. The second-order valence-electron chi connectivity index (χ2n) is 10.9. The van der Waals surface area contributed by atoms with Crippen molar-refractivity contribution in [3.63, 3.8) is 0 Å². The van der Waals surface area contributed by atoms with E-state index in [1.54, 1.807) is 25.1 Å². The molecule has 3 atom stereocenters. The van der Waals surface area contributed by atoms with Crippen molar-refractivity contribution in [2.24, 2.45) is 0 Å². The van der Waals surface area contributed by atoms with Crippen LogP contribution in [-0.2, 0) is 28.5 Å². The zero-order valence-corrected chi connectivity index (χ0v) is 22.5. The van der Waals surface area contributed by atoms with E-state index in [9.17, 15) is 9.59 Å². The van der Waals surface area contributed by atoms with Crippen LogP contribution in [0.5, 0.6) is 0 Å². The van der Waals surface area contributed by atoms with E-state index >= 15 is 0 Å². The van der Waals surface area contributed by atoms with Gasteiger partial charge in [0, 0.05) is 37.3 Å². The number of amides is 1. The van der Waals surface area contributed by atoms with Gasteiger partial charge in [-0.2, -0.15) is 0 Å². The molecule has 3 heterocycles. The van der Waals surface area contributed by atoms with Gasteiger partial charge >= 0.3 is 5.97 Å². The maximum Gasteiger partial charge on any atom is 0.303 e. The Morgan fingerprint density at radius 2 is 1.89 bits per heavy atom. The molecule has 3 aliphatic heterocycles. The van der Waals surface area contributed by atoms with Crippen molar-refractivity contribution in [3.8, 4) is 0 Å². The number of ether oxygens (including phenoxy) is 5. The molecule has 0 aliphatic carbocycles. The minimum absolute atomic E-state index is 0.00671. The highest BCUT2D eigenvalue weighted by atomic mass is 16.7. The monoisotopic (exact) mass is 513 g/mol. The molecular weight excluding hydrogens is 474 g/mol. The number of benzene rings is 1. The van der Waals surface area contributed by atoms with E-state index in [0.29, 0.717) is 30.8 Å². The summed E-state index contributed by atoms with van der Waals surface area (Å²) in [6.07, 6.45) is 7.90. The number of epoxide rings is 1. The molecule has 3 aliphatic rings. The molecule has 8 nitrogen and oxygen atoms in total. The van der Waals surface area contributed by atoms with Gasteiger partial charge in [-0.25, -0.2) is 0 Å². The van der Waals surface area contributed by atoms with Crippen LogP contribution in [0.2, 0.25) is 0 Å². The first-order valence-corrected chi connectivity index (χ1v) is 13.0. The standard InChI is InChI=1S/C29H39NO7/c1-19(10-12-23-14-29(18-35-29)17-28(4,5)37-23)11-13-26-33-15-22(16-34-26)30-27(32)25-9-7-6-8-24(25)20(2)36-21(3)31/h6-12,20,22-23,26H,13-18H2,1-5H3,(H,30,32)/b12-10+,19-11+/t20-,22-,23+,26+,29+/m0/s1. The smallest absolute Gasteiger partial charge is 0.303 e. The van der Waals surface area contributed by atoms with Crippen molar-refractivity contribution in [2.45, 2.75) is 89.6 Å². The molecule has 8 heteroatoms. The second-order valence-corrected chi connectivity index (χ2v) is 10.9. The van der Waals surface area contributed by atoms with Gasteiger partial charge in [0.15, 0.2) is 6.29 Å². The normalized spacial score (nSPS) is 30.2. The van der Waals surface area contributed by atoms with Crippen LogP contribution in [0.25, 0.3) is 0 Å². The van der Waals surface area contributed by atoms with E-state index in [0.717, 1.165) is 25.0 Å². The number of allylic oxidation sites excluding steroid dienone is 2. The molecule has 0 aromatic heterocycles. The maximum atomic E-state index is 12.9. The van der Waals surface area contributed by atoms with Crippen LogP contribution >= 0.6 is 0 Å². The molecule has 3 saturated heterocycles. The van der Waals surface area contributed by atoms with Gasteiger partial charge in [-0.3, -0.25) is 9.59 Å². The second kappa shape index (κ2) is 11.5. The first-order chi connectivity index (χ1) is 17.5. The Morgan fingerprint density at radius 3 is 2.57 bits per heavy atom. The van der Waals surface area contributed by atoms with Crippen LogP contribution in [0.3, 0.4) is 0 Å². The Morgan fingerprint density at radius 1 is 1.19 bits per heavy atom. The van der Waals surface area contributed by atoms with Gasteiger partial charge in [0.05, 0.1) is 43.2 Å². The van der Waals surface area contributed by atoms with Crippen LogP contribution in [0.1, 0.15) is 75.9 Å². The van der Waals surface area contributed by atoms with Crippen LogP contribution in [-0.4, -0.2) is 61.3 Å². The lowest BCUT2D eigenvalue weighted by molar-refractivity contribution is -0.185. The van der Waals surface area contributed by atoms with E-state index in [1.807, 2.05) is 13.0 Å². The Balaban J connectivity index is 1.23. The molecule has 1 N–H and O–H groups in total. The third-order valence-corrected chi connectivity index (χ3v) is 6.84. The third kappa shape index (κ3) is 7.74. The lowest BCUT2D eigenvalue weighted by Crippen LogP contribution is -2.47. The molecular formula is C29H39NO7. The van der Waals surface area contributed by atoms with Gasteiger partial charge in [-0.15, -0.1) is 0 Å². The molecule has 37 heavy (non-hydrogen) atoms. The van der Waals surface area contributed by atoms with Crippen LogP contribution in [0.4, 0.5) is 0 Å². The number of rotatable bonds is 8. The minimum Gasteiger partial charge on any atom is -0.458 e. The summed E-state index contributed by atoms with van der Waals surface area (Å²) in [5.74, 6) is -0.646. The number of hydrogen-bond acceptors (Lipinski definition) is 7. The molecule has 0 saturated carbocycles. The Bertz CT molecular complexity index is 1030. The van der Waals surface area contributed by atoms with E-state index in [2.05, 4.69) is 37.4 Å². The van der Waals surface area contributed by atoms with Crippen LogP contribution in [0.15, 0.2) is 48.1 Å². The number of carbonyl (C=O) groups excluding carboxylic acids is 2. The summed E-state index contributed by atoms with van der Waals surface area (Å²) < 4.78 is 28.9. The molecule has 1 aromatic rings. The summed E-state index contributed by atoms with van der Waals surface area (Å²) in [4.78, 5) is 24.2. The van der Waals surface area contributed by atoms with E-state index in [4.69, 9.17) is 23.7 Å². The van der Waals surface area contributed by atoms with Crippen molar-refractivity contribution in [1.29, 1.82) is 0 Å². The third-order valence-electron chi connectivity index (χ3n) is 6.84. The van der Waals surface area contributed by atoms with Crippen LogP contribution < -0.4 is 5.32 Å². The molecule has 1 amide bonds. The largest absolute Gasteiger partial charge is 0.458 e. The fraction of sp³-hybridized carbons (Fsp3) is 0.586. The molecule has 1 spiro atoms.